The standard InChI is InChI=1S/C10H17NO2/c1-10(2)9(5-6-12-10)11-13-7-8-3-4-8/h8H,3-7H2,1-2H3/b11-9+. The van der Waals surface area contributed by atoms with E-state index < -0.39 is 0 Å². The summed E-state index contributed by atoms with van der Waals surface area (Å²) in [6.45, 7) is 5.65. The second kappa shape index (κ2) is 3.29. The summed E-state index contributed by atoms with van der Waals surface area (Å²) >= 11 is 0. The first-order valence-corrected chi connectivity index (χ1v) is 5.02. The Morgan fingerprint density at radius 2 is 2.31 bits per heavy atom. The first kappa shape index (κ1) is 9.00. The molecule has 1 aliphatic carbocycles. The number of nitrogens with zero attached hydrogens (tertiary/aromatic N) is 1. The van der Waals surface area contributed by atoms with Crippen molar-refractivity contribution in [2.75, 3.05) is 13.2 Å². The summed E-state index contributed by atoms with van der Waals surface area (Å²) in [5.74, 6) is 0.773. The van der Waals surface area contributed by atoms with Crippen LogP contribution < -0.4 is 0 Å². The quantitative estimate of drug-likeness (QED) is 0.626. The van der Waals surface area contributed by atoms with Gasteiger partial charge in [0, 0.05) is 6.42 Å². The van der Waals surface area contributed by atoms with Crippen molar-refractivity contribution < 1.29 is 9.57 Å². The minimum Gasteiger partial charge on any atom is -0.395 e. The van der Waals surface area contributed by atoms with Gasteiger partial charge in [-0.3, -0.25) is 0 Å². The number of rotatable bonds is 3. The van der Waals surface area contributed by atoms with Crippen LogP contribution in [0.5, 0.6) is 0 Å². The second-order valence-electron chi connectivity index (χ2n) is 4.39. The highest BCUT2D eigenvalue weighted by Crippen LogP contribution is 2.29. The molecule has 1 saturated carbocycles. The Balaban J connectivity index is 1.83. The highest BCUT2D eigenvalue weighted by atomic mass is 16.6. The zero-order chi connectivity index (χ0) is 9.31. The van der Waals surface area contributed by atoms with Gasteiger partial charge in [-0.25, -0.2) is 0 Å². The lowest BCUT2D eigenvalue weighted by Gasteiger charge is -2.16. The number of hydrogen-bond acceptors (Lipinski definition) is 3. The minimum absolute atomic E-state index is 0.205. The Morgan fingerprint density at radius 1 is 1.54 bits per heavy atom. The maximum absolute atomic E-state index is 5.52. The highest BCUT2D eigenvalue weighted by Gasteiger charge is 2.32. The van der Waals surface area contributed by atoms with Gasteiger partial charge in [-0.05, 0) is 32.6 Å². The Morgan fingerprint density at radius 3 is 2.85 bits per heavy atom. The van der Waals surface area contributed by atoms with Crippen LogP contribution in [-0.4, -0.2) is 24.5 Å². The molecule has 1 saturated heterocycles. The van der Waals surface area contributed by atoms with Crippen molar-refractivity contribution >= 4 is 5.71 Å². The van der Waals surface area contributed by atoms with E-state index in [2.05, 4.69) is 5.16 Å². The van der Waals surface area contributed by atoms with Gasteiger partial charge in [-0.1, -0.05) is 5.16 Å². The predicted octanol–water partition coefficient (Wildman–Crippen LogP) is 1.97. The molecule has 3 nitrogen and oxygen atoms in total. The van der Waals surface area contributed by atoms with Gasteiger partial charge >= 0.3 is 0 Å². The van der Waals surface area contributed by atoms with Gasteiger partial charge < -0.3 is 9.57 Å². The van der Waals surface area contributed by atoms with Crippen molar-refractivity contribution in [2.24, 2.45) is 11.1 Å². The number of oxime groups is 1. The van der Waals surface area contributed by atoms with E-state index >= 15 is 0 Å². The fourth-order valence-corrected chi connectivity index (χ4v) is 1.45. The molecule has 0 bridgehead atoms. The SMILES string of the molecule is CC1(C)OCC/C1=N\OCC1CC1. The van der Waals surface area contributed by atoms with Gasteiger partial charge in [0.25, 0.3) is 0 Å². The fraction of sp³-hybridized carbons (Fsp3) is 0.900. The van der Waals surface area contributed by atoms with E-state index in [0.717, 1.165) is 31.3 Å². The van der Waals surface area contributed by atoms with Gasteiger partial charge in [-0.2, -0.15) is 0 Å². The average Bonchev–Trinajstić information content (AvgIpc) is 2.79. The zero-order valence-corrected chi connectivity index (χ0v) is 8.38. The van der Waals surface area contributed by atoms with E-state index in [0.29, 0.717) is 0 Å². The Hall–Kier alpha value is -0.570. The molecule has 3 heteroatoms. The van der Waals surface area contributed by atoms with Crippen molar-refractivity contribution in [2.45, 2.75) is 38.7 Å². The van der Waals surface area contributed by atoms with Crippen molar-refractivity contribution in [1.82, 2.24) is 0 Å². The van der Waals surface area contributed by atoms with E-state index in [1.807, 2.05) is 13.8 Å². The van der Waals surface area contributed by atoms with Crippen molar-refractivity contribution in [3.05, 3.63) is 0 Å². The molecule has 2 aliphatic rings. The topological polar surface area (TPSA) is 30.8 Å². The van der Waals surface area contributed by atoms with E-state index in [-0.39, 0.29) is 5.60 Å². The van der Waals surface area contributed by atoms with Gasteiger partial charge in [0.05, 0.1) is 12.3 Å². The molecule has 0 atom stereocenters. The maximum Gasteiger partial charge on any atom is 0.120 e. The van der Waals surface area contributed by atoms with E-state index in [4.69, 9.17) is 9.57 Å². The minimum atomic E-state index is -0.205. The molecule has 0 aromatic heterocycles. The molecule has 0 amide bonds. The number of ether oxygens (including phenoxy) is 1. The third kappa shape index (κ3) is 2.21. The van der Waals surface area contributed by atoms with Crippen LogP contribution >= 0.6 is 0 Å². The lowest BCUT2D eigenvalue weighted by atomic mass is 10.0. The molecule has 2 fully saturated rings. The largest absolute Gasteiger partial charge is 0.395 e. The summed E-state index contributed by atoms with van der Waals surface area (Å²) in [6.07, 6.45) is 3.53. The van der Waals surface area contributed by atoms with Crippen molar-refractivity contribution in [3.63, 3.8) is 0 Å². The zero-order valence-electron chi connectivity index (χ0n) is 8.38. The van der Waals surface area contributed by atoms with Crippen LogP contribution in [0.3, 0.4) is 0 Å². The molecular formula is C10H17NO2. The smallest absolute Gasteiger partial charge is 0.120 e. The molecular weight excluding hydrogens is 166 g/mol. The first-order valence-electron chi connectivity index (χ1n) is 5.02. The summed E-state index contributed by atoms with van der Waals surface area (Å²) in [4.78, 5) is 5.29. The summed E-state index contributed by atoms with van der Waals surface area (Å²) < 4.78 is 5.52. The summed E-state index contributed by atoms with van der Waals surface area (Å²) in [5, 5.41) is 4.15. The third-order valence-corrected chi connectivity index (χ3v) is 2.68. The van der Waals surface area contributed by atoms with Gasteiger partial charge in [-0.15, -0.1) is 0 Å². The van der Waals surface area contributed by atoms with E-state index in [1.165, 1.54) is 12.8 Å². The molecule has 74 valence electrons. The maximum atomic E-state index is 5.52. The molecule has 1 aliphatic heterocycles. The lowest BCUT2D eigenvalue weighted by Crippen LogP contribution is -2.27. The van der Waals surface area contributed by atoms with Crippen LogP contribution in [0.15, 0.2) is 5.16 Å². The van der Waals surface area contributed by atoms with Gasteiger partial charge in [0.15, 0.2) is 0 Å². The Kier molecular flexibility index (Phi) is 2.28. The van der Waals surface area contributed by atoms with Crippen LogP contribution in [0.1, 0.15) is 33.1 Å². The van der Waals surface area contributed by atoms with Crippen LogP contribution in [0.2, 0.25) is 0 Å². The molecule has 0 unspecified atom stereocenters. The Labute approximate surface area is 79.1 Å². The van der Waals surface area contributed by atoms with E-state index in [1.54, 1.807) is 0 Å². The molecule has 13 heavy (non-hydrogen) atoms. The molecule has 0 aromatic rings. The molecule has 2 rings (SSSR count). The third-order valence-electron chi connectivity index (χ3n) is 2.68. The van der Waals surface area contributed by atoms with Crippen LogP contribution in [0, 0.1) is 5.92 Å². The van der Waals surface area contributed by atoms with Crippen LogP contribution in [-0.2, 0) is 9.57 Å². The van der Waals surface area contributed by atoms with E-state index in [9.17, 15) is 0 Å². The molecule has 0 aromatic carbocycles. The average molecular weight is 183 g/mol. The normalized spacial score (nSPS) is 29.5. The lowest BCUT2D eigenvalue weighted by molar-refractivity contribution is 0.0635. The molecule has 1 heterocycles. The fourth-order valence-electron chi connectivity index (χ4n) is 1.45. The summed E-state index contributed by atoms with van der Waals surface area (Å²) in [7, 11) is 0. The predicted molar refractivity (Wildman–Crippen MR) is 50.8 cm³/mol. The first-order chi connectivity index (χ1) is 6.18. The van der Waals surface area contributed by atoms with Gasteiger partial charge in [0.1, 0.15) is 12.2 Å². The second-order valence-corrected chi connectivity index (χ2v) is 4.39. The van der Waals surface area contributed by atoms with Crippen molar-refractivity contribution in [1.29, 1.82) is 0 Å². The van der Waals surface area contributed by atoms with Crippen LogP contribution in [0.25, 0.3) is 0 Å². The number of hydrogen-bond donors (Lipinski definition) is 0. The molecule has 0 spiro atoms. The molecule has 0 N–H and O–H groups in total. The van der Waals surface area contributed by atoms with Gasteiger partial charge in [0.2, 0.25) is 0 Å². The highest BCUT2D eigenvalue weighted by molar-refractivity contribution is 5.92. The van der Waals surface area contributed by atoms with Crippen molar-refractivity contribution in [3.8, 4) is 0 Å². The monoisotopic (exact) mass is 183 g/mol. The Bertz CT molecular complexity index is 219. The summed E-state index contributed by atoms with van der Waals surface area (Å²) in [6, 6.07) is 0. The molecule has 0 radical (unpaired) electrons. The van der Waals surface area contributed by atoms with Crippen LogP contribution in [0.4, 0.5) is 0 Å². The summed E-state index contributed by atoms with van der Waals surface area (Å²) in [5.41, 5.74) is 0.844.